The summed E-state index contributed by atoms with van der Waals surface area (Å²) in [6.07, 6.45) is 4.28. The van der Waals surface area contributed by atoms with E-state index in [0.717, 1.165) is 18.2 Å². The summed E-state index contributed by atoms with van der Waals surface area (Å²) in [5.74, 6) is 1.77. The van der Waals surface area contributed by atoms with Crippen molar-refractivity contribution in [2.45, 2.75) is 25.8 Å². The predicted octanol–water partition coefficient (Wildman–Crippen LogP) is 2.01. The molecule has 3 nitrogen and oxygen atoms in total. The Morgan fingerprint density at radius 1 is 1.53 bits per heavy atom. The monoisotopic (exact) mass is 208 g/mol. The van der Waals surface area contributed by atoms with Crippen molar-refractivity contribution in [1.29, 1.82) is 0 Å². The molecule has 0 aliphatic carbocycles. The van der Waals surface area contributed by atoms with Gasteiger partial charge in [-0.3, -0.25) is 0 Å². The van der Waals surface area contributed by atoms with Gasteiger partial charge in [-0.2, -0.15) is 0 Å². The predicted molar refractivity (Wildman–Crippen MR) is 60.5 cm³/mol. The van der Waals surface area contributed by atoms with Crippen LogP contribution in [0.25, 0.3) is 0 Å². The van der Waals surface area contributed by atoms with Gasteiger partial charge < -0.3 is 15.1 Å². The Kier molecular flexibility index (Phi) is 3.44. The Labute approximate surface area is 91.2 Å². The fourth-order valence-corrected chi connectivity index (χ4v) is 2.12. The van der Waals surface area contributed by atoms with Crippen LogP contribution < -0.4 is 5.73 Å². The third-order valence-corrected chi connectivity index (χ3v) is 3.24. The van der Waals surface area contributed by atoms with Crippen LogP contribution in [0.2, 0.25) is 0 Å². The molecular weight excluding hydrogens is 188 g/mol. The minimum absolute atomic E-state index is 0.0217. The number of nitrogens with two attached hydrogens (primary N) is 1. The largest absolute Gasteiger partial charge is 0.468 e. The Morgan fingerprint density at radius 3 is 2.87 bits per heavy atom. The van der Waals surface area contributed by atoms with E-state index in [1.165, 1.54) is 25.9 Å². The van der Waals surface area contributed by atoms with Gasteiger partial charge in [0.05, 0.1) is 12.3 Å². The second kappa shape index (κ2) is 4.81. The lowest BCUT2D eigenvalue weighted by atomic mass is 9.99. The van der Waals surface area contributed by atoms with E-state index in [1.807, 2.05) is 12.1 Å². The highest BCUT2D eigenvalue weighted by molar-refractivity contribution is 5.04. The normalized spacial score (nSPS) is 21.7. The van der Waals surface area contributed by atoms with Crippen molar-refractivity contribution in [3.63, 3.8) is 0 Å². The van der Waals surface area contributed by atoms with E-state index in [-0.39, 0.29) is 6.04 Å². The van der Waals surface area contributed by atoms with Gasteiger partial charge in [-0.1, -0.05) is 6.92 Å². The van der Waals surface area contributed by atoms with Crippen molar-refractivity contribution >= 4 is 0 Å². The highest BCUT2D eigenvalue weighted by Crippen LogP contribution is 2.19. The van der Waals surface area contributed by atoms with Gasteiger partial charge in [-0.05, 0) is 44.0 Å². The van der Waals surface area contributed by atoms with E-state index in [1.54, 1.807) is 6.26 Å². The molecule has 0 amide bonds. The van der Waals surface area contributed by atoms with E-state index in [0.29, 0.717) is 0 Å². The SMILES string of the molecule is CC1CCN(CC(N)c2ccco2)CC1. The highest BCUT2D eigenvalue weighted by atomic mass is 16.3. The lowest BCUT2D eigenvalue weighted by molar-refractivity contribution is 0.178. The third kappa shape index (κ3) is 2.83. The van der Waals surface area contributed by atoms with E-state index in [9.17, 15) is 0 Å². The fraction of sp³-hybridized carbons (Fsp3) is 0.667. The summed E-state index contributed by atoms with van der Waals surface area (Å²) in [5, 5.41) is 0. The van der Waals surface area contributed by atoms with Gasteiger partial charge in [0, 0.05) is 6.54 Å². The number of nitrogens with zero attached hydrogens (tertiary/aromatic N) is 1. The first-order chi connectivity index (χ1) is 7.25. The van der Waals surface area contributed by atoms with E-state index < -0.39 is 0 Å². The van der Waals surface area contributed by atoms with Gasteiger partial charge >= 0.3 is 0 Å². The molecule has 1 saturated heterocycles. The average molecular weight is 208 g/mol. The number of hydrogen-bond acceptors (Lipinski definition) is 3. The number of piperidine rings is 1. The van der Waals surface area contributed by atoms with Gasteiger partial charge in [0.25, 0.3) is 0 Å². The molecule has 84 valence electrons. The maximum Gasteiger partial charge on any atom is 0.121 e. The summed E-state index contributed by atoms with van der Waals surface area (Å²) < 4.78 is 5.31. The Bertz CT molecular complexity index is 276. The molecule has 1 aromatic rings. The van der Waals surface area contributed by atoms with E-state index in [4.69, 9.17) is 10.2 Å². The van der Waals surface area contributed by atoms with E-state index in [2.05, 4.69) is 11.8 Å². The molecule has 1 aliphatic heterocycles. The molecular formula is C12H20N2O. The maximum absolute atomic E-state index is 6.07. The summed E-state index contributed by atoms with van der Waals surface area (Å²) in [5.41, 5.74) is 6.07. The van der Waals surface area contributed by atoms with Crippen molar-refractivity contribution in [2.75, 3.05) is 19.6 Å². The molecule has 1 aromatic heterocycles. The van der Waals surface area contributed by atoms with E-state index >= 15 is 0 Å². The summed E-state index contributed by atoms with van der Waals surface area (Å²) in [7, 11) is 0. The minimum Gasteiger partial charge on any atom is -0.468 e. The van der Waals surface area contributed by atoms with Gasteiger partial charge in [-0.25, -0.2) is 0 Å². The molecule has 0 saturated carbocycles. The lowest BCUT2D eigenvalue weighted by Gasteiger charge is -2.31. The van der Waals surface area contributed by atoms with Crippen LogP contribution in [0, 0.1) is 5.92 Å². The van der Waals surface area contributed by atoms with Crippen LogP contribution in [0.5, 0.6) is 0 Å². The summed E-state index contributed by atoms with van der Waals surface area (Å²) in [6, 6.07) is 3.87. The summed E-state index contributed by atoms with van der Waals surface area (Å²) in [4.78, 5) is 2.44. The fourth-order valence-electron chi connectivity index (χ4n) is 2.12. The lowest BCUT2D eigenvalue weighted by Crippen LogP contribution is -2.37. The Morgan fingerprint density at radius 2 is 2.27 bits per heavy atom. The maximum atomic E-state index is 6.07. The van der Waals surface area contributed by atoms with Crippen LogP contribution in [0.15, 0.2) is 22.8 Å². The van der Waals surface area contributed by atoms with Crippen molar-refractivity contribution in [3.05, 3.63) is 24.2 Å². The third-order valence-electron chi connectivity index (χ3n) is 3.24. The van der Waals surface area contributed by atoms with Crippen LogP contribution in [0.3, 0.4) is 0 Å². The molecule has 3 heteroatoms. The van der Waals surface area contributed by atoms with Crippen molar-refractivity contribution in [2.24, 2.45) is 11.7 Å². The molecule has 15 heavy (non-hydrogen) atoms. The molecule has 1 unspecified atom stereocenters. The topological polar surface area (TPSA) is 42.4 Å². The van der Waals surface area contributed by atoms with Crippen molar-refractivity contribution in [1.82, 2.24) is 4.90 Å². The molecule has 2 heterocycles. The van der Waals surface area contributed by atoms with Crippen LogP contribution >= 0.6 is 0 Å². The molecule has 0 bridgehead atoms. The Balaban J connectivity index is 1.82. The number of likely N-dealkylation sites (tertiary alicyclic amines) is 1. The van der Waals surface area contributed by atoms with Gasteiger partial charge in [-0.15, -0.1) is 0 Å². The van der Waals surface area contributed by atoms with Gasteiger partial charge in [0.15, 0.2) is 0 Å². The Hall–Kier alpha value is -0.800. The number of rotatable bonds is 3. The second-order valence-corrected chi connectivity index (χ2v) is 4.61. The molecule has 0 aromatic carbocycles. The van der Waals surface area contributed by atoms with Gasteiger partial charge in [0.2, 0.25) is 0 Å². The van der Waals surface area contributed by atoms with Gasteiger partial charge in [0.1, 0.15) is 5.76 Å². The smallest absolute Gasteiger partial charge is 0.121 e. The van der Waals surface area contributed by atoms with Crippen LogP contribution in [0.4, 0.5) is 0 Å². The number of hydrogen-bond donors (Lipinski definition) is 1. The summed E-state index contributed by atoms with van der Waals surface area (Å²) in [6.45, 7) is 5.59. The van der Waals surface area contributed by atoms with Crippen LogP contribution in [-0.2, 0) is 0 Å². The second-order valence-electron chi connectivity index (χ2n) is 4.61. The summed E-state index contributed by atoms with van der Waals surface area (Å²) >= 11 is 0. The van der Waals surface area contributed by atoms with Crippen LogP contribution in [-0.4, -0.2) is 24.5 Å². The highest BCUT2D eigenvalue weighted by Gasteiger charge is 2.19. The van der Waals surface area contributed by atoms with Crippen LogP contribution in [0.1, 0.15) is 31.6 Å². The van der Waals surface area contributed by atoms with Crippen molar-refractivity contribution in [3.8, 4) is 0 Å². The molecule has 2 rings (SSSR count). The first-order valence-corrected chi connectivity index (χ1v) is 5.77. The van der Waals surface area contributed by atoms with Crippen molar-refractivity contribution < 1.29 is 4.42 Å². The molecule has 0 spiro atoms. The molecule has 1 aliphatic rings. The average Bonchev–Trinajstić information content (AvgIpc) is 2.74. The molecule has 2 N–H and O–H groups in total. The first-order valence-electron chi connectivity index (χ1n) is 5.77. The molecule has 1 fully saturated rings. The standard InChI is InChI=1S/C12H20N2O/c1-10-4-6-14(7-5-10)9-11(13)12-3-2-8-15-12/h2-3,8,10-11H,4-7,9,13H2,1H3. The zero-order valence-electron chi connectivity index (χ0n) is 9.36. The minimum atomic E-state index is 0.0217. The zero-order valence-corrected chi connectivity index (χ0v) is 9.36. The quantitative estimate of drug-likeness (QED) is 0.826. The first kappa shape index (κ1) is 10.7. The molecule has 1 atom stereocenters. The zero-order chi connectivity index (χ0) is 10.7. The number of furan rings is 1. The molecule has 0 radical (unpaired) electrons.